The van der Waals surface area contributed by atoms with Gasteiger partial charge < -0.3 is 19.4 Å². The number of rotatable bonds is 5. The fraction of sp³-hybridized carbons (Fsp3) is 0.172. The number of fused-ring (bicyclic) bond motifs is 2. The van der Waals surface area contributed by atoms with Crippen molar-refractivity contribution in [1.29, 1.82) is 0 Å². The highest BCUT2D eigenvalue weighted by molar-refractivity contribution is 6.00. The van der Waals surface area contributed by atoms with Crippen LogP contribution in [0.3, 0.4) is 0 Å². The highest BCUT2D eigenvalue weighted by Crippen LogP contribution is 2.32. The molecule has 0 saturated carbocycles. The zero-order valence-electron chi connectivity index (χ0n) is 21.7. The van der Waals surface area contributed by atoms with E-state index < -0.39 is 24.9 Å². The SMILES string of the molecule is Cn1ccc2nc(-c3ccc4cc(C(=O)N5CC(F)(F)C5)n(C)c4c3)nc(Nc3ccc(-c4cn[nH]c4)cc3)c21. The number of likely N-dealkylation sites (tertiary alicyclic amines) is 1. The molecule has 1 aliphatic heterocycles. The average molecular weight is 539 g/mol. The predicted molar refractivity (Wildman–Crippen MR) is 149 cm³/mol. The molecular formula is C29H24F2N8O. The van der Waals surface area contributed by atoms with E-state index in [1.54, 1.807) is 23.9 Å². The Labute approximate surface area is 227 Å². The van der Waals surface area contributed by atoms with Gasteiger partial charge in [0, 0.05) is 54.2 Å². The smallest absolute Gasteiger partial charge is 0.282 e. The number of carbonyl (C=O) groups excluding carboxylic acids is 1. The Morgan fingerprint density at radius 3 is 2.48 bits per heavy atom. The number of hydrogen-bond acceptors (Lipinski definition) is 5. The maximum atomic E-state index is 13.3. The van der Waals surface area contributed by atoms with Crippen LogP contribution in [0, 0.1) is 0 Å². The molecule has 11 heteroatoms. The average Bonchev–Trinajstić information content (AvgIpc) is 3.67. The van der Waals surface area contributed by atoms with E-state index in [1.165, 1.54) is 4.90 Å². The summed E-state index contributed by atoms with van der Waals surface area (Å²) in [5, 5.41) is 11.1. The molecule has 4 aromatic heterocycles. The number of hydrogen-bond donors (Lipinski definition) is 2. The topological polar surface area (TPSA) is 96.7 Å². The maximum absolute atomic E-state index is 13.3. The molecule has 0 unspecified atom stereocenters. The van der Waals surface area contributed by atoms with Gasteiger partial charge in [-0.25, -0.2) is 18.7 Å². The monoisotopic (exact) mass is 538 g/mol. The van der Waals surface area contributed by atoms with Gasteiger partial charge in [0.1, 0.15) is 11.2 Å². The third kappa shape index (κ3) is 3.98. The lowest BCUT2D eigenvalue weighted by molar-refractivity contribution is -0.113. The number of carbonyl (C=O) groups is 1. The van der Waals surface area contributed by atoms with Crippen molar-refractivity contribution < 1.29 is 13.6 Å². The van der Waals surface area contributed by atoms with Gasteiger partial charge in [0.15, 0.2) is 11.6 Å². The Bertz CT molecular complexity index is 1900. The number of aromatic amines is 1. The molecular weight excluding hydrogens is 514 g/mol. The Kier molecular flexibility index (Phi) is 5.24. The van der Waals surface area contributed by atoms with Crippen LogP contribution in [0.25, 0.3) is 44.5 Å². The fourth-order valence-corrected chi connectivity index (χ4v) is 5.19. The number of aryl methyl sites for hydroxylation is 2. The summed E-state index contributed by atoms with van der Waals surface area (Å²) in [5.74, 6) is -2.04. The zero-order chi connectivity index (χ0) is 27.6. The van der Waals surface area contributed by atoms with Gasteiger partial charge in [-0.05, 0) is 35.9 Å². The van der Waals surface area contributed by atoms with Crippen molar-refractivity contribution in [2.45, 2.75) is 5.92 Å². The van der Waals surface area contributed by atoms with E-state index in [9.17, 15) is 13.6 Å². The molecule has 5 heterocycles. The Hall–Kier alpha value is -5.06. The van der Waals surface area contributed by atoms with Gasteiger partial charge in [-0.1, -0.05) is 24.3 Å². The number of alkyl halides is 2. The van der Waals surface area contributed by atoms with Crippen LogP contribution >= 0.6 is 0 Å². The number of halogens is 2. The lowest BCUT2D eigenvalue weighted by Gasteiger charge is -2.38. The van der Waals surface area contributed by atoms with Gasteiger partial charge in [-0.3, -0.25) is 9.89 Å². The molecule has 2 N–H and O–H groups in total. The van der Waals surface area contributed by atoms with Crippen LogP contribution < -0.4 is 5.32 Å². The number of anilines is 2. The second kappa shape index (κ2) is 8.73. The Morgan fingerprint density at radius 1 is 0.975 bits per heavy atom. The quantitative estimate of drug-likeness (QED) is 0.308. The van der Waals surface area contributed by atoms with Crippen molar-refractivity contribution in [3.8, 4) is 22.5 Å². The molecule has 9 nitrogen and oxygen atoms in total. The minimum absolute atomic E-state index is 0.364. The van der Waals surface area contributed by atoms with Crippen molar-refractivity contribution in [3.63, 3.8) is 0 Å². The van der Waals surface area contributed by atoms with Gasteiger partial charge in [-0.2, -0.15) is 5.10 Å². The molecule has 1 fully saturated rings. The predicted octanol–water partition coefficient (Wildman–Crippen LogP) is 5.35. The molecule has 0 spiro atoms. The van der Waals surface area contributed by atoms with Gasteiger partial charge in [-0.15, -0.1) is 0 Å². The van der Waals surface area contributed by atoms with Gasteiger partial charge >= 0.3 is 0 Å². The fourth-order valence-electron chi connectivity index (χ4n) is 5.19. The summed E-state index contributed by atoms with van der Waals surface area (Å²) < 4.78 is 30.4. The summed E-state index contributed by atoms with van der Waals surface area (Å²) in [4.78, 5) is 23.7. The van der Waals surface area contributed by atoms with Crippen LogP contribution in [0.15, 0.2) is 73.2 Å². The lowest BCUT2D eigenvalue weighted by atomic mass is 10.1. The van der Waals surface area contributed by atoms with Crippen molar-refractivity contribution in [2.75, 3.05) is 18.4 Å². The highest BCUT2D eigenvalue weighted by atomic mass is 19.3. The van der Waals surface area contributed by atoms with Crippen LogP contribution in [0.5, 0.6) is 0 Å². The molecule has 40 heavy (non-hydrogen) atoms. The van der Waals surface area contributed by atoms with Gasteiger partial charge in [0.2, 0.25) is 0 Å². The standard InChI is InChI=1S/C29H24F2N8O/c1-37-10-9-22-25(37)27(34-21-7-5-17(6-8-21)20-13-32-33-14-20)36-26(35-22)19-4-3-18-11-24(38(2)23(18)12-19)28(40)39-15-29(30,31)16-39/h3-14H,15-16H2,1-2H3,(H,32,33)(H,34,35,36). The van der Waals surface area contributed by atoms with E-state index in [2.05, 4.69) is 15.5 Å². The van der Waals surface area contributed by atoms with Crippen molar-refractivity contribution >= 4 is 39.3 Å². The minimum Gasteiger partial charge on any atom is -0.346 e. The number of aromatic nitrogens is 6. The number of benzene rings is 2. The summed E-state index contributed by atoms with van der Waals surface area (Å²) in [6.45, 7) is -1.10. The van der Waals surface area contributed by atoms with E-state index in [4.69, 9.17) is 9.97 Å². The normalized spacial score (nSPS) is 14.6. The third-order valence-electron chi connectivity index (χ3n) is 7.35. The first-order chi connectivity index (χ1) is 19.3. The molecule has 6 aromatic rings. The molecule has 0 bridgehead atoms. The molecule has 200 valence electrons. The Balaban J connectivity index is 1.24. The van der Waals surface area contributed by atoms with Crippen LogP contribution in [0.2, 0.25) is 0 Å². The second-order valence-corrected chi connectivity index (χ2v) is 10.1. The first-order valence-electron chi connectivity index (χ1n) is 12.7. The number of amides is 1. The highest BCUT2D eigenvalue weighted by Gasteiger charge is 2.46. The molecule has 1 saturated heterocycles. The van der Waals surface area contributed by atoms with Crippen LogP contribution in [0.4, 0.5) is 20.3 Å². The van der Waals surface area contributed by atoms with Gasteiger partial charge in [0.25, 0.3) is 11.8 Å². The van der Waals surface area contributed by atoms with Crippen molar-refractivity contribution in [1.82, 2.24) is 34.2 Å². The van der Waals surface area contributed by atoms with E-state index in [0.717, 1.165) is 44.3 Å². The van der Waals surface area contributed by atoms with E-state index in [0.29, 0.717) is 17.3 Å². The molecule has 7 rings (SSSR count). The van der Waals surface area contributed by atoms with Crippen molar-refractivity contribution in [3.05, 3.63) is 78.9 Å². The van der Waals surface area contributed by atoms with Crippen LogP contribution in [0.1, 0.15) is 10.5 Å². The van der Waals surface area contributed by atoms with Crippen LogP contribution in [-0.2, 0) is 14.1 Å². The lowest BCUT2D eigenvalue weighted by Crippen LogP contribution is -2.58. The number of nitrogens with zero attached hydrogens (tertiary/aromatic N) is 6. The summed E-state index contributed by atoms with van der Waals surface area (Å²) in [7, 11) is 3.71. The molecule has 0 radical (unpaired) electrons. The first-order valence-corrected chi connectivity index (χ1v) is 12.7. The Morgan fingerprint density at radius 2 is 1.75 bits per heavy atom. The molecule has 1 amide bonds. The van der Waals surface area contributed by atoms with E-state index >= 15 is 0 Å². The molecule has 2 aromatic carbocycles. The second-order valence-electron chi connectivity index (χ2n) is 10.1. The van der Waals surface area contributed by atoms with Gasteiger partial charge in [0.05, 0.1) is 24.8 Å². The molecule has 0 atom stereocenters. The zero-order valence-corrected chi connectivity index (χ0v) is 21.7. The minimum atomic E-state index is -2.81. The first kappa shape index (κ1) is 24.0. The van der Waals surface area contributed by atoms with E-state index in [-0.39, 0.29) is 0 Å². The number of H-pyrrole nitrogens is 1. The summed E-state index contributed by atoms with van der Waals surface area (Å²) in [6.07, 6.45) is 5.56. The summed E-state index contributed by atoms with van der Waals surface area (Å²) in [5.41, 5.74) is 6.49. The van der Waals surface area contributed by atoms with Crippen LogP contribution in [-0.4, -0.2) is 59.1 Å². The summed E-state index contributed by atoms with van der Waals surface area (Å²) in [6, 6.07) is 17.4. The van der Waals surface area contributed by atoms with E-state index in [1.807, 2.05) is 72.5 Å². The van der Waals surface area contributed by atoms with Crippen molar-refractivity contribution in [2.24, 2.45) is 14.1 Å². The largest absolute Gasteiger partial charge is 0.346 e. The maximum Gasteiger partial charge on any atom is 0.282 e. The number of nitrogens with one attached hydrogen (secondary N) is 2. The summed E-state index contributed by atoms with van der Waals surface area (Å²) >= 11 is 0. The molecule has 0 aliphatic carbocycles. The third-order valence-corrected chi connectivity index (χ3v) is 7.35. The molecule has 1 aliphatic rings.